The molecule has 0 radical (unpaired) electrons. The molecule has 0 saturated carbocycles. The number of rotatable bonds is 8. The highest BCUT2D eigenvalue weighted by Crippen LogP contribution is 2.16. The molecule has 0 aliphatic rings. The molecule has 1 unspecified atom stereocenters. The lowest BCUT2D eigenvalue weighted by Gasteiger charge is -2.19. The highest BCUT2D eigenvalue weighted by molar-refractivity contribution is 5.82. The molecule has 0 aliphatic carbocycles. The van der Waals surface area contributed by atoms with Gasteiger partial charge in [-0.3, -0.25) is 15.1 Å². The quantitative estimate of drug-likeness (QED) is 0.329. The maximum absolute atomic E-state index is 11.5. The summed E-state index contributed by atoms with van der Waals surface area (Å²) in [4.78, 5) is 13.7. The van der Waals surface area contributed by atoms with Crippen molar-refractivity contribution in [1.29, 1.82) is 0 Å². The number of hydrazine groups is 1. The molecule has 0 bridgehead atoms. The van der Waals surface area contributed by atoms with Gasteiger partial charge in [0.2, 0.25) is 5.91 Å². The van der Waals surface area contributed by atoms with Gasteiger partial charge in [-0.05, 0) is 18.1 Å². The van der Waals surface area contributed by atoms with Crippen molar-refractivity contribution >= 4 is 5.91 Å². The lowest BCUT2D eigenvalue weighted by Crippen LogP contribution is -2.33. The van der Waals surface area contributed by atoms with Crippen molar-refractivity contribution in [3.8, 4) is 0 Å². The fraction of sp³-hybridized carbons (Fsp3) is 0.312. The van der Waals surface area contributed by atoms with Gasteiger partial charge in [0.25, 0.3) is 0 Å². The van der Waals surface area contributed by atoms with E-state index in [1.54, 1.807) is 0 Å². The minimum atomic E-state index is -0.244. The molecule has 0 aliphatic heterocycles. The van der Waals surface area contributed by atoms with Gasteiger partial charge in [0.15, 0.2) is 0 Å². The van der Waals surface area contributed by atoms with E-state index in [9.17, 15) is 4.79 Å². The molecule has 1 amide bonds. The molecule has 4 heteroatoms. The van der Waals surface area contributed by atoms with Gasteiger partial charge in [-0.25, -0.2) is 5.84 Å². The fourth-order valence-corrected chi connectivity index (χ4v) is 2.02. The summed E-state index contributed by atoms with van der Waals surface area (Å²) in [7, 11) is 0. The summed E-state index contributed by atoms with van der Waals surface area (Å²) < 4.78 is 0. The maximum atomic E-state index is 11.5. The maximum Gasteiger partial charge on any atom is 0.241 e. The van der Waals surface area contributed by atoms with E-state index in [2.05, 4.69) is 23.5 Å². The number of hydrogen-bond donors (Lipinski definition) is 2. The van der Waals surface area contributed by atoms with Gasteiger partial charge < -0.3 is 0 Å². The van der Waals surface area contributed by atoms with E-state index in [0.717, 1.165) is 25.2 Å². The first-order chi connectivity index (χ1) is 9.62. The van der Waals surface area contributed by atoms with Crippen LogP contribution in [0.5, 0.6) is 0 Å². The summed E-state index contributed by atoms with van der Waals surface area (Å²) in [6.07, 6.45) is 3.76. The Kier molecular flexibility index (Phi) is 6.70. The Labute approximate surface area is 120 Å². The van der Waals surface area contributed by atoms with Crippen molar-refractivity contribution in [1.82, 2.24) is 10.3 Å². The first-order valence-electron chi connectivity index (χ1n) is 6.65. The Morgan fingerprint density at radius 1 is 1.30 bits per heavy atom. The number of amides is 1. The average Bonchev–Trinajstić information content (AvgIpc) is 2.47. The molecule has 0 heterocycles. The molecule has 1 aromatic carbocycles. The minimum Gasteiger partial charge on any atom is -0.294 e. The van der Waals surface area contributed by atoms with Crippen LogP contribution in [0.2, 0.25) is 0 Å². The third-order valence-corrected chi connectivity index (χ3v) is 3.20. The monoisotopic (exact) mass is 273 g/mol. The highest BCUT2D eigenvalue weighted by Gasteiger charge is 2.13. The van der Waals surface area contributed by atoms with E-state index >= 15 is 0 Å². The Hall–Kier alpha value is -1.91. The van der Waals surface area contributed by atoms with Gasteiger partial charge >= 0.3 is 0 Å². The number of carbonyl (C=O) groups excluding carboxylic acids is 1. The van der Waals surface area contributed by atoms with Crippen LogP contribution in [0.4, 0.5) is 0 Å². The van der Waals surface area contributed by atoms with Crippen LogP contribution in [0.25, 0.3) is 0 Å². The largest absolute Gasteiger partial charge is 0.294 e. The van der Waals surface area contributed by atoms with E-state index < -0.39 is 0 Å². The van der Waals surface area contributed by atoms with E-state index in [4.69, 9.17) is 5.84 Å². The fourth-order valence-electron chi connectivity index (χ4n) is 2.02. The Morgan fingerprint density at radius 2 is 1.85 bits per heavy atom. The standard InChI is InChI=1S/C16H23N3O/c1-4-10-19(11-5-2)12-14-6-8-15(9-7-14)13(3)16(20)18-17/h4-9,13H,1-2,10-12,17H2,3H3,(H,18,20). The zero-order valence-corrected chi connectivity index (χ0v) is 12.0. The number of nitrogens with two attached hydrogens (primary N) is 1. The van der Waals surface area contributed by atoms with Crippen molar-refractivity contribution in [2.24, 2.45) is 5.84 Å². The topological polar surface area (TPSA) is 58.4 Å². The summed E-state index contributed by atoms with van der Waals surface area (Å²) >= 11 is 0. The van der Waals surface area contributed by atoms with Crippen LogP contribution in [0.3, 0.4) is 0 Å². The lowest BCUT2D eigenvalue weighted by molar-refractivity contribution is -0.122. The molecule has 0 spiro atoms. The predicted molar refractivity (Wildman–Crippen MR) is 82.9 cm³/mol. The van der Waals surface area contributed by atoms with Crippen LogP contribution < -0.4 is 11.3 Å². The van der Waals surface area contributed by atoms with Crippen LogP contribution in [0.15, 0.2) is 49.6 Å². The molecule has 3 N–H and O–H groups in total. The molecule has 0 fully saturated rings. The molecule has 0 aromatic heterocycles. The summed E-state index contributed by atoms with van der Waals surface area (Å²) in [5.74, 6) is 4.72. The van der Waals surface area contributed by atoms with Gasteiger partial charge in [0.1, 0.15) is 0 Å². The minimum absolute atomic E-state index is 0.183. The van der Waals surface area contributed by atoms with Crippen LogP contribution in [-0.4, -0.2) is 23.9 Å². The second kappa shape index (κ2) is 8.30. The molecule has 4 nitrogen and oxygen atoms in total. The molecule has 1 aromatic rings. The zero-order chi connectivity index (χ0) is 15.0. The highest BCUT2D eigenvalue weighted by atomic mass is 16.2. The van der Waals surface area contributed by atoms with E-state index in [-0.39, 0.29) is 11.8 Å². The smallest absolute Gasteiger partial charge is 0.241 e. The number of hydrogen-bond acceptors (Lipinski definition) is 3. The van der Waals surface area contributed by atoms with E-state index in [0.29, 0.717) is 0 Å². The van der Waals surface area contributed by atoms with Crippen molar-refractivity contribution in [3.63, 3.8) is 0 Å². The Balaban J connectivity index is 2.72. The molecule has 1 atom stereocenters. The first-order valence-corrected chi connectivity index (χ1v) is 6.65. The molecular weight excluding hydrogens is 250 g/mol. The summed E-state index contributed by atoms with van der Waals surface area (Å²) in [5, 5.41) is 0. The lowest BCUT2D eigenvalue weighted by atomic mass is 9.99. The van der Waals surface area contributed by atoms with E-state index in [1.807, 2.05) is 43.3 Å². The van der Waals surface area contributed by atoms with Crippen LogP contribution >= 0.6 is 0 Å². The zero-order valence-electron chi connectivity index (χ0n) is 12.0. The van der Waals surface area contributed by atoms with Gasteiger partial charge in [-0.1, -0.05) is 36.4 Å². The molecule has 108 valence electrons. The second-order valence-electron chi connectivity index (χ2n) is 4.74. The molecule has 0 saturated heterocycles. The Bertz CT molecular complexity index is 443. The van der Waals surface area contributed by atoms with Gasteiger partial charge in [-0.2, -0.15) is 0 Å². The van der Waals surface area contributed by atoms with Gasteiger partial charge in [0.05, 0.1) is 5.92 Å². The first kappa shape index (κ1) is 16.1. The van der Waals surface area contributed by atoms with E-state index in [1.165, 1.54) is 5.56 Å². The number of nitrogens with zero attached hydrogens (tertiary/aromatic N) is 1. The van der Waals surface area contributed by atoms with Gasteiger partial charge in [0, 0.05) is 19.6 Å². The Morgan fingerprint density at radius 3 is 2.30 bits per heavy atom. The van der Waals surface area contributed by atoms with Crippen LogP contribution in [0, 0.1) is 0 Å². The van der Waals surface area contributed by atoms with Crippen molar-refractivity contribution in [3.05, 3.63) is 60.7 Å². The number of benzene rings is 1. The number of nitrogens with one attached hydrogen (secondary N) is 1. The summed E-state index contributed by atoms with van der Waals surface area (Å²) in [5.41, 5.74) is 4.32. The van der Waals surface area contributed by atoms with Crippen LogP contribution in [0.1, 0.15) is 24.0 Å². The molecule has 1 rings (SSSR count). The van der Waals surface area contributed by atoms with Crippen molar-refractivity contribution < 1.29 is 4.79 Å². The molecular formula is C16H23N3O. The second-order valence-corrected chi connectivity index (χ2v) is 4.74. The van der Waals surface area contributed by atoms with Crippen LogP contribution in [-0.2, 0) is 11.3 Å². The predicted octanol–water partition coefficient (Wildman–Crippen LogP) is 1.95. The third kappa shape index (κ3) is 4.64. The third-order valence-electron chi connectivity index (χ3n) is 3.20. The van der Waals surface area contributed by atoms with Crippen molar-refractivity contribution in [2.45, 2.75) is 19.4 Å². The normalized spacial score (nSPS) is 11.9. The van der Waals surface area contributed by atoms with Gasteiger partial charge in [-0.15, -0.1) is 13.2 Å². The summed E-state index contributed by atoms with van der Waals surface area (Å²) in [6, 6.07) is 8.01. The average molecular weight is 273 g/mol. The number of carbonyl (C=O) groups is 1. The molecule has 20 heavy (non-hydrogen) atoms. The summed E-state index contributed by atoms with van der Waals surface area (Å²) in [6.45, 7) is 11.8. The van der Waals surface area contributed by atoms with Crippen molar-refractivity contribution in [2.75, 3.05) is 13.1 Å². The SMILES string of the molecule is C=CCN(CC=C)Cc1ccc(C(C)C(=O)NN)cc1.